The molecule has 2 rings (SSSR count). The Morgan fingerprint density at radius 1 is 0.800 bits per heavy atom. The molecular weight excluding hydrogens is 265 g/mol. The van der Waals surface area contributed by atoms with Crippen LogP contribution in [0.5, 0.6) is 0 Å². The SMILES string of the molecule is CCN(CC)P(c1ccccc1N)c1ccccc1N. The Kier molecular flexibility index (Phi) is 4.99. The molecule has 2 aromatic rings. The first-order chi connectivity index (χ1) is 9.69. The summed E-state index contributed by atoms with van der Waals surface area (Å²) in [4.78, 5) is 0. The number of nitrogens with two attached hydrogens (primary N) is 2. The predicted molar refractivity (Wildman–Crippen MR) is 90.8 cm³/mol. The van der Waals surface area contributed by atoms with Gasteiger partial charge in [-0.3, -0.25) is 4.67 Å². The van der Waals surface area contributed by atoms with Crippen LogP contribution in [-0.2, 0) is 0 Å². The second kappa shape index (κ2) is 6.74. The van der Waals surface area contributed by atoms with Gasteiger partial charge >= 0.3 is 0 Å². The highest BCUT2D eigenvalue weighted by molar-refractivity contribution is 7.71. The zero-order chi connectivity index (χ0) is 14.5. The largest absolute Gasteiger partial charge is 0.398 e. The Morgan fingerprint density at radius 3 is 1.55 bits per heavy atom. The van der Waals surface area contributed by atoms with Crippen LogP contribution < -0.4 is 22.1 Å². The zero-order valence-electron chi connectivity index (χ0n) is 12.1. The van der Waals surface area contributed by atoms with E-state index in [1.807, 2.05) is 36.4 Å². The number of nitrogens with zero attached hydrogens (tertiary/aromatic N) is 1. The van der Waals surface area contributed by atoms with Gasteiger partial charge in [0, 0.05) is 30.1 Å². The van der Waals surface area contributed by atoms with Crippen LogP contribution >= 0.6 is 8.07 Å². The number of nitrogen functional groups attached to an aromatic ring is 2. The van der Waals surface area contributed by atoms with Crippen molar-refractivity contribution in [3.63, 3.8) is 0 Å². The third-order valence-electron chi connectivity index (χ3n) is 3.34. The molecule has 0 aromatic heterocycles. The van der Waals surface area contributed by atoms with Gasteiger partial charge in [-0.2, -0.15) is 0 Å². The molecule has 0 aliphatic carbocycles. The van der Waals surface area contributed by atoms with Crippen LogP contribution in [0.2, 0.25) is 0 Å². The third kappa shape index (κ3) is 2.95. The summed E-state index contributed by atoms with van der Waals surface area (Å²) in [6, 6.07) is 16.2. The lowest BCUT2D eigenvalue weighted by atomic mass is 10.3. The van der Waals surface area contributed by atoms with Crippen LogP contribution in [0.15, 0.2) is 48.5 Å². The number of benzene rings is 2. The van der Waals surface area contributed by atoms with Crippen molar-refractivity contribution in [1.29, 1.82) is 0 Å². The lowest BCUT2D eigenvalue weighted by Crippen LogP contribution is -2.30. The number of para-hydroxylation sites is 2. The monoisotopic (exact) mass is 287 g/mol. The molecule has 4 N–H and O–H groups in total. The molecule has 3 nitrogen and oxygen atoms in total. The van der Waals surface area contributed by atoms with Gasteiger partial charge in [0.1, 0.15) is 0 Å². The summed E-state index contributed by atoms with van der Waals surface area (Å²) in [7, 11) is -0.673. The standard InChI is InChI=1S/C16H22N3P/c1-3-19(4-2)20(15-11-7-5-9-13(15)17)16-12-8-6-10-14(16)18/h5-12H,3-4,17-18H2,1-2H3. The van der Waals surface area contributed by atoms with Gasteiger partial charge in [-0.1, -0.05) is 50.2 Å². The maximum Gasteiger partial charge on any atom is 0.0408 e. The summed E-state index contributed by atoms with van der Waals surface area (Å²) < 4.78 is 2.44. The van der Waals surface area contributed by atoms with Crippen molar-refractivity contribution in [3.05, 3.63) is 48.5 Å². The molecule has 0 saturated heterocycles. The van der Waals surface area contributed by atoms with Crippen molar-refractivity contribution >= 4 is 30.1 Å². The van der Waals surface area contributed by atoms with Crippen molar-refractivity contribution in [2.24, 2.45) is 0 Å². The second-order valence-corrected chi connectivity index (χ2v) is 6.72. The zero-order valence-corrected chi connectivity index (χ0v) is 13.0. The molecular formula is C16H22N3P. The lowest BCUT2D eigenvalue weighted by Gasteiger charge is -2.31. The van der Waals surface area contributed by atoms with Gasteiger partial charge in [-0.25, -0.2) is 0 Å². The van der Waals surface area contributed by atoms with Crippen molar-refractivity contribution < 1.29 is 0 Å². The molecule has 0 aliphatic heterocycles. The Bertz CT molecular complexity index is 522. The van der Waals surface area contributed by atoms with E-state index < -0.39 is 8.07 Å². The summed E-state index contributed by atoms with van der Waals surface area (Å²) in [5.74, 6) is 0. The fraction of sp³-hybridized carbons (Fsp3) is 0.250. The first-order valence-electron chi connectivity index (χ1n) is 6.93. The predicted octanol–water partition coefficient (Wildman–Crippen LogP) is 2.54. The maximum absolute atomic E-state index is 6.20. The van der Waals surface area contributed by atoms with Gasteiger partial charge in [-0.15, -0.1) is 0 Å². The maximum atomic E-state index is 6.20. The molecule has 0 spiro atoms. The first-order valence-corrected chi connectivity index (χ1v) is 8.22. The van der Waals surface area contributed by atoms with Crippen LogP contribution in [0.1, 0.15) is 13.8 Å². The fourth-order valence-electron chi connectivity index (χ4n) is 2.30. The highest BCUT2D eigenvalue weighted by Gasteiger charge is 2.23. The molecule has 0 unspecified atom stereocenters. The van der Waals surface area contributed by atoms with Crippen LogP contribution in [0.25, 0.3) is 0 Å². The highest BCUT2D eigenvalue weighted by atomic mass is 31.1. The van der Waals surface area contributed by atoms with Crippen molar-refractivity contribution in [2.75, 3.05) is 24.6 Å². The Labute approximate surface area is 122 Å². The first kappa shape index (κ1) is 14.8. The average molecular weight is 287 g/mol. The van der Waals surface area contributed by atoms with Crippen LogP contribution in [0.3, 0.4) is 0 Å². The summed E-state index contributed by atoms with van der Waals surface area (Å²) >= 11 is 0. The van der Waals surface area contributed by atoms with Gasteiger partial charge < -0.3 is 11.5 Å². The summed E-state index contributed by atoms with van der Waals surface area (Å²) in [6.07, 6.45) is 0. The van der Waals surface area contributed by atoms with Gasteiger partial charge in [-0.05, 0) is 25.2 Å². The van der Waals surface area contributed by atoms with E-state index in [1.165, 1.54) is 10.6 Å². The van der Waals surface area contributed by atoms with E-state index in [4.69, 9.17) is 11.5 Å². The number of anilines is 2. The summed E-state index contributed by atoms with van der Waals surface area (Å²) in [5.41, 5.74) is 14.1. The number of rotatable bonds is 5. The lowest BCUT2D eigenvalue weighted by molar-refractivity contribution is 0.514. The summed E-state index contributed by atoms with van der Waals surface area (Å²) in [5, 5.41) is 2.37. The highest BCUT2D eigenvalue weighted by Crippen LogP contribution is 2.41. The van der Waals surface area contributed by atoms with Crippen molar-refractivity contribution in [1.82, 2.24) is 4.67 Å². The minimum Gasteiger partial charge on any atom is -0.398 e. The minimum atomic E-state index is -0.673. The molecule has 106 valence electrons. The van der Waals surface area contributed by atoms with Crippen LogP contribution in [0.4, 0.5) is 11.4 Å². The van der Waals surface area contributed by atoms with Crippen LogP contribution in [0, 0.1) is 0 Å². The molecule has 4 heteroatoms. The van der Waals surface area contributed by atoms with E-state index in [0.29, 0.717) is 0 Å². The minimum absolute atomic E-state index is 0.673. The third-order valence-corrected chi connectivity index (χ3v) is 6.20. The van der Waals surface area contributed by atoms with Crippen molar-refractivity contribution in [3.8, 4) is 0 Å². The van der Waals surface area contributed by atoms with Gasteiger partial charge in [0.05, 0.1) is 0 Å². The molecule has 0 fully saturated rings. The fourth-order valence-corrected chi connectivity index (χ4v) is 4.83. The molecule has 0 amide bonds. The molecule has 20 heavy (non-hydrogen) atoms. The normalized spacial score (nSPS) is 11.2. The van der Waals surface area contributed by atoms with E-state index in [2.05, 4.69) is 30.7 Å². The van der Waals surface area contributed by atoms with Gasteiger partial charge in [0.2, 0.25) is 0 Å². The molecule has 2 aromatic carbocycles. The van der Waals surface area contributed by atoms with E-state index in [1.54, 1.807) is 0 Å². The Hall–Kier alpha value is -1.57. The molecule has 0 radical (unpaired) electrons. The molecule has 0 heterocycles. The second-order valence-electron chi connectivity index (χ2n) is 4.57. The molecule has 0 atom stereocenters. The number of hydrogen-bond donors (Lipinski definition) is 2. The van der Waals surface area contributed by atoms with E-state index in [0.717, 1.165) is 24.5 Å². The Balaban J connectivity index is 2.57. The van der Waals surface area contributed by atoms with E-state index in [9.17, 15) is 0 Å². The topological polar surface area (TPSA) is 55.3 Å². The molecule has 0 saturated carbocycles. The van der Waals surface area contributed by atoms with Gasteiger partial charge in [0.15, 0.2) is 0 Å². The van der Waals surface area contributed by atoms with E-state index >= 15 is 0 Å². The quantitative estimate of drug-likeness (QED) is 0.656. The molecule has 0 aliphatic rings. The van der Waals surface area contributed by atoms with E-state index in [-0.39, 0.29) is 0 Å². The summed E-state index contributed by atoms with van der Waals surface area (Å²) in [6.45, 7) is 6.31. The average Bonchev–Trinajstić information content (AvgIpc) is 2.47. The number of hydrogen-bond acceptors (Lipinski definition) is 3. The van der Waals surface area contributed by atoms with Crippen LogP contribution in [-0.4, -0.2) is 17.8 Å². The Morgan fingerprint density at radius 2 is 1.20 bits per heavy atom. The molecule has 0 bridgehead atoms. The smallest absolute Gasteiger partial charge is 0.0408 e. The van der Waals surface area contributed by atoms with Crippen molar-refractivity contribution in [2.45, 2.75) is 13.8 Å². The van der Waals surface area contributed by atoms with Gasteiger partial charge in [0.25, 0.3) is 0 Å².